The van der Waals surface area contributed by atoms with Crippen LogP contribution in [0.3, 0.4) is 0 Å². The van der Waals surface area contributed by atoms with Gasteiger partial charge in [-0.05, 0) is 26.2 Å². The third-order valence-electron chi connectivity index (χ3n) is 3.33. The molecule has 0 aliphatic heterocycles. The minimum Gasteiger partial charge on any atom is -0.449 e. The monoisotopic (exact) mass is 296 g/mol. The van der Waals surface area contributed by atoms with Gasteiger partial charge in [-0.3, -0.25) is 10.1 Å². The molecular formula is C15H24N2O4. The van der Waals surface area contributed by atoms with Crippen LogP contribution in [0.25, 0.3) is 0 Å². The van der Waals surface area contributed by atoms with E-state index < -0.39 is 24.0 Å². The van der Waals surface area contributed by atoms with Gasteiger partial charge in [0.25, 0.3) is 5.91 Å². The molecule has 1 aliphatic rings. The van der Waals surface area contributed by atoms with Crippen LogP contribution < -0.4 is 10.6 Å². The summed E-state index contributed by atoms with van der Waals surface area (Å²) in [5, 5.41) is 4.97. The highest BCUT2D eigenvalue weighted by atomic mass is 16.5. The number of ether oxygens (including phenoxy) is 1. The van der Waals surface area contributed by atoms with E-state index in [4.69, 9.17) is 4.74 Å². The second-order valence-corrected chi connectivity index (χ2v) is 5.19. The summed E-state index contributed by atoms with van der Waals surface area (Å²) in [6.07, 6.45) is 7.87. The first-order valence-corrected chi connectivity index (χ1v) is 7.51. The lowest BCUT2D eigenvalue weighted by Gasteiger charge is -2.23. The molecule has 118 valence electrons. The molecule has 0 radical (unpaired) electrons. The van der Waals surface area contributed by atoms with Gasteiger partial charge in [0.05, 0.1) is 0 Å². The van der Waals surface area contributed by atoms with Crippen molar-refractivity contribution in [3.63, 3.8) is 0 Å². The zero-order chi connectivity index (χ0) is 15.7. The predicted octanol–water partition coefficient (Wildman–Crippen LogP) is 2.04. The average Bonchev–Trinajstić information content (AvgIpc) is 2.45. The van der Waals surface area contributed by atoms with Crippen LogP contribution in [-0.2, 0) is 14.3 Å². The lowest BCUT2D eigenvalue weighted by molar-refractivity contribution is -0.149. The Labute approximate surface area is 125 Å². The van der Waals surface area contributed by atoms with Crippen molar-refractivity contribution in [2.75, 3.05) is 0 Å². The standard InChI is InChI=1S/C15H24N2O4/c1-3-4-10-13(18)21-11(2)14(19)17-15(20)16-12-8-6-5-7-9-12/h4,10-12H,3,5-9H2,1-2H3,(H2,16,17,19,20)/b10-4+/t11-/m1/s1. The number of carbonyl (C=O) groups is 3. The molecule has 1 saturated carbocycles. The van der Waals surface area contributed by atoms with E-state index in [0.29, 0.717) is 6.42 Å². The summed E-state index contributed by atoms with van der Waals surface area (Å²) < 4.78 is 4.89. The van der Waals surface area contributed by atoms with Crippen molar-refractivity contribution < 1.29 is 19.1 Å². The molecule has 0 heterocycles. The van der Waals surface area contributed by atoms with Crippen LogP contribution in [0.2, 0.25) is 0 Å². The number of hydrogen-bond acceptors (Lipinski definition) is 4. The SMILES string of the molecule is CC/C=C/C(=O)O[C@H](C)C(=O)NC(=O)NC1CCCCC1. The fourth-order valence-corrected chi connectivity index (χ4v) is 2.16. The maximum atomic E-state index is 11.7. The molecule has 0 spiro atoms. The molecule has 6 heteroatoms. The smallest absolute Gasteiger partial charge is 0.331 e. The summed E-state index contributed by atoms with van der Waals surface area (Å²) in [7, 11) is 0. The maximum Gasteiger partial charge on any atom is 0.331 e. The summed E-state index contributed by atoms with van der Waals surface area (Å²) in [5.74, 6) is -1.21. The summed E-state index contributed by atoms with van der Waals surface area (Å²) in [6, 6.07) is -0.407. The fraction of sp³-hybridized carbons (Fsp3) is 0.667. The van der Waals surface area contributed by atoms with Gasteiger partial charge in [0, 0.05) is 12.1 Å². The van der Waals surface area contributed by atoms with E-state index in [0.717, 1.165) is 25.7 Å². The summed E-state index contributed by atoms with van der Waals surface area (Å²) in [4.78, 5) is 34.7. The van der Waals surface area contributed by atoms with Crippen molar-refractivity contribution in [3.8, 4) is 0 Å². The van der Waals surface area contributed by atoms with Gasteiger partial charge in [0.2, 0.25) is 0 Å². The third-order valence-corrected chi connectivity index (χ3v) is 3.33. The zero-order valence-electron chi connectivity index (χ0n) is 12.7. The Bertz CT molecular complexity index is 400. The van der Waals surface area contributed by atoms with Gasteiger partial charge in [-0.15, -0.1) is 0 Å². The first-order valence-electron chi connectivity index (χ1n) is 7.51. The molecule has 0 aromatic carbocycles. The van der Waals surface area contributed by atoms with Gasteiger partial charge < -0.3 is 10.1 Å². The minimum atomic E-state index is -1.00. The third kappa shape index (κ3) is 6.92. The number of esters is 1. The molecule has 1 atom stereocenters. The molecule has 1 rings (SSSR count). The number of allylic oxidation sites excluding steroid dienone is 1. The Morgan fingerprint density at radius 1 is 1.24 bits per heavy atom. The van der Waals surface area contributed by atoms with Gasteiger partial charge in [-0.25, -0.2) is 9.59 Å². The van der Waals surface area contributed by atoms with E-state index in [1.807, 2.05) is 6.92 Å². The predicted molar refractivity (Wildman–Crippen MR) is 78.5 cm³/mol. The summed E-state index contributed by atoms with van der Waals surface area (Å²) in [5.41, 5.74) is 0. The van der Waals surface area contributed by atoms with E-state index in [1.54, 1.807) is 6.08 Å². The molecule has 3 amide bonds. The highest BCUT2D eigenvalue weighted by molar-refractivity contribution is 5.97. The van der Waals surface area contributed by atoms with Crippen LogP contribution in [0.1, 0.15) is 52.4 Å². The van der Waals surface area contributed by atoms with Crippen molar-refractivity contribution in [1.29, 1.82) is 0 Å². The number of carbonyl (C=O) groups excluding carboxylic acids is 3. The average molecular weight is 296 g/mol. The first-order chi connectivity index (χ1) is 10.0. The van der Waals surface area contributed by atoms with Gasteiger partial charge in [0.15, 0.2) is 6.10 Å². The van der Waals surface area contributed by atoms with Crippen LogP contribution in [0, 0.1) is 0 Å². The number of imide groups is 1. The van der Waals surface area contributed by atoms with E-state index in [9.17, 15) is 14.4 Å². The molecule has 1 fully saturated rings. The molecule has 1 aliphatic carbocycles. The molecule has 6 nitrogen and oxygen atoms in total. The Kier molecular flexibility index (Phi) is 7.50. The lowest BCUT2D eigenvalue weighted by Crippen LogP contribution is -2.48. The van der Waals surface area contributed by atoms with Gasteiger partial charge in [-0.2, -0.15) is 0 Å². The Balaban J connectivity index is 2.31. The second-order valence-electron chi connectivity index (χ2n) is 5.19. The number of nitrogens with one attached hydrogen (secondary N) is 2. The first kappa shape index (κ1) is 17.2. The molecule has 0 aromatic heterocycles. The number of amides is 3. The number of urea groups is 1. The van der Waals surface area contributed by atoms with Crippen molar-refractivity contribution in [1.82, 2.24) is 10.6 Å². The number of rotatable bonds is 5. The molecule has 0 aromatic rings. The largest absolute Gasteiger partial charge is 0.449 e. The zero-order valence-corrected chi connectivity index (χ0v) is 12.7. The van der Waals surface area contributed by atoms with E-state index in [2.05, 4.69) is 10.6 Å². The Morgan fingerprint density at radius 2 is 1.90 bits per heavy atom. The summed E-state index contributed by atoms with van der Waals surface area (Å²) in [6.45, 7) is 3.32. The minimum absolute atomic E-state index is 0.122. The molecule has 0 saturated heterocycles. The molecule has 0 unspecified atom stereocenters. The maximum absolute atomic E-state index is 11.7. The van der Waals surface area contributed by atoms with Crippen LogP contribution in [0.5, 0.6) is 0 Å². The van der Waals surface area contributed by atoms with Crippen LogP contribution in [0.4, 0.5) is 4.79 Å². The molecule has 2 N–H and O–H groups in total. The normalized spacial score (nSPS) is 17.2. The van der Waals surface area contributed by atoms with Crippen molar-refractivity contribution >= 4 is 17.9 Å². The topological polar surface area (TPSA) is 84.5 Å². The summed E-state index contributed by atoms with van der Waals surface area (Å²) >= 11 is 0. The lowest BCUT2D eigenvalue weighted by atomic mass is 9.96. The molecule has 0 bridgehead atoms. The van der Waals surface area contributed by atoms with Crippen molar-refractivity contribution in [2.45, 2.75) is 64.5 Å². The van der Waals surface area contributed by atoms with E-state index >= 15 is 0 Å². The van der Waals surface area contributed by atoms with Gasteiger partial charge >= 0.3 is 12.0 Å². The van der Waals surface area contributed by atoms with Gasteiger partial charge in [-0.1, -0.05) is 32.3 Å². The molecule has 21 heavy (non-hydrogen) atoms. The van der Waals surface area contributed by atoms with Crippen LogP contribution in [0.15, 0.2) is 12.2 Å². The van der Waals surface area contributed by atoms with Crippen molar-refractivity contribution in [3.05, 3.63) is 12.2 Å². The van der Waals surface area contributed by atoms with Gasteiger partial charge in [0.1, 0.15) is 0 Å². The highest BCUT2D eigenvalue weighted by Crippen LogP contribution is 2.17. The van der Waals surface area contributed by atoms with Crippen LogP contribution >= 0.6 is 0 Å². The van der Waals surface area contributed by atoms with Crippen molar-refractivity contribution in [2.24, 2.45) is 0 Å². The number of hydrogen-bond donors (Lipinski definition) is 2. The van der Waals surface area contributed by atoms with E-state index in [-0.39, 0.29) is 6.04 Å². The molecular weight excluding hydrogens is 272 g/mol. The van der Waals surface area contributed by atoms with E-state index in [1.165, 1.54) is 19.4 Å². The second kappa shape index (κ2) is 9.15. The highest BCUT2D eigenvalue weighted by Gasteiger charge is 2.21. The Hall–Kier alpha value is -1.85. The quantitative estimate of drug-likeness (QED) is 0.600. The van der Waals surface area contributed by atoms with Crippen LogP contribution in [-0.4, -0.2) is 30.1 Å². The fourth-order valence-electron chi connectivity index (χ4n) is 2.16. The Morgan fingerprint density at radius 3 is 2.52 bits per heavy atom.